The summed E-state index contributed by atoms with van der Waals surface area (Å²) >= 11 is 0. The molecule has 0 unspecified atom stereocenters. The van der Waals surface area contributed by atoms with Gasteiger partial charge in [-0.15, -0.1) is 0 Å². The summed E-state index contributed by atoms with van der Waals surface area (Å²) in [6.07, 6.45) is 8.59. The summed E-state index contributed by atoms with van der Waals surface area (Å²) in [4.78, 5) is 18.4. The summed E-state index contributed by atoms with van der Waals surface area (Å²) in [5.41, 5.74) is 0.822. The molecular formula is C15H20N2O. The molecule has 3 heteroatoms. The molecule has 1 aliphatic heterocycles. The Morgan fingerprint density at radius 3 is 2.67 bits per heavy atom. The maximum Gasteiger partial charge on any atom is 0.247 e. The van der Waals surface area contributed by atoms with Gasteiger partial charge in [0.15, 0.2) is 0 Å². The van der Waals surface area contributed by atoms with Gasteiger partial charge >= 0.3 is 0 Å². The third kappa shape index (κ3) is 2.97. The lowest BCUT2D eigenvalue weighted by Gasteiger charge is -2.38. The van der Waals surface area contributed by atoms with E-state index in [1.54, 1.807) is 18.3 Å². The fourth-order valence-electron chi connectivity index (χ4n) is 2.57. The van der Waals surface area contributed by atoms with Gasteiger partial charge in [0.25, 0.3) is 0 Å². The topological polar surface area (TPSA) is 33.2 Å². The van der Waals surface area contributed by atoms with E-state index < -0.39 is 0 Å². The zero-order chi connectivity index (χ0) is 13.0. The lowest BCUT2D eigenvalue weighted by molar-refractivity contribution is -0.131. The first-order valence-electron chi connectivity index (χ1n) is 6.60. The van der Waals surface area contributed by atoms with Crippen LogP contribution in [0.25, 0.3) is 6.08 Å². The highest BCUT2D eigenvalue weighted by atomic mass is 16.2. The first-order valence-corrected chi connectivity index (χ1v) is 6.60. The number of carbonyl (C=O) groups excluding carboxylic acids is 1. The Labute approximate surface area is 109 Å². The van der Waals surface area contributed by atoms with Crippen molar-refractivity contribution in [2.45, 2.75) is 45.2 Å². The van der Waals surface area contributed by atoms with E-state index in [-0.39, 0.29) is 5.91 Å². The maximum absolute atomic E-state index is 12.2. The van der Waals surface area contributed by atoms with Gasteiger partial charge in [-0.25, -0.2) is 0 Å². The Kier molecular flexibility index (Phi) is 4.13. The Balaban J connectivity index is 2.05. The minimum Gasteiger partial charge on any atom is -0.334 e. The van der Waals surface area contributed by atoms with Crippen LogP contribution in [0, 0.1) is 0 Å². The van der Waals surface area contributed by atoms with E-state index in [1.165, 1.54) is 6.42 Å². The van der Waals surface area contributed by atoms with Crippen molar-refractivity contribution in [3.05, 3.63) is 36.2 Å². The summed E-state index contributed by atoms with van der Waals surface area (Å²) in [6.45, 7) is 4.25. The minimum absolute atomic E-state index is 0.0975. The van der Waals surface area contributed by atoms with Crippen LogP contribution in [-0.4, -0.2) is 27.9 Å². The molecule has 0 N–H and O–H groups in total. The van der Waals surface area contributed by atoms with Crippen LogP contribution in [0.2, 0.25) is 0 Å². The number of carbonyl (C=O) groups is 1. The third-order valence-electron chi connectivity index (χ3n) is 3.53. The molecule has 1 aliphatic rings. The minimum atomic E-state index is 0.0975. The molecule has 96 valence electrons. The third-order valence-corrected chi connectivity index (χ3v) is 3.53. The number of rotatable bonds is 2. The summed E-state index contributed by atoms with van der Waals surface area (Å²) < 4.78 is 0. The van der Waals surface area contributed by atoms with Crippen molar-refractivity contribution in [1.82, 2.24) is 9.88 Å². The van der Waals surface area contributed by atoms with Gasteiger partial charge in [-0.05, 0) is 51.3 Å². The highest BCUT2D eigenvalue weighted by molar-refractivity contribution is 5.92. The number of likely N-dealkylation sites (tertiary alicyclic amines) is 1. The molecule has 0 spiro atoms. The second kappa shape index (κ2) is 5.80. The van der Waals surface area contributed by atoms with Crippen LogP contribution in [0.5, 0.6) is 0 Å². The molecule has 18 heavy (non-hydrogen) atoms. The Morgan fingerprint density at radius 2 is 2.06 bits per heavy atom. The number of nitrogens with zero attached hydrogens (tertiary/aromatic N) is 2. The Hall–Kier alpha value is -1.64. The highest BCUT2D eigenvalue weighted by Crippen LogP contribution is 2.22. The predicted molar refractivity (Wildman–Crippen MR) is 72.9 cm³/mol. The van der Waals surface area contributed by atoms with Gasteiger partial charge < -0.3 is 4.90 Å². The van der Waals surface area contributed by atoms with Crippen LogP contribution in [0.3, 0.4) is 0 Å². The van der Waals surface area contributed by atoms with Gasteiger partial charge in [0.1, 0.15) is 0 Å². The maximum atomic E-state index is 12.2. The molecule has 1 aromatic heterocycles. The second-order valence-electron chi connectivity index (χ2n) is 4.96. The van der Waals surface area contributed by atoms with Gasteiger partial charge in [-0.2, -0.15) is 0 Å². The molecule has 2 rings (SSSR count). The monoisotopic (exact) mass is 244 g/mol. The van der Waals surface area contributed by atoms with E-state index in [9.17, 15) is 4.79 Å². The lowest BCUT2D eigenvalue weighted by Crippen LogP contribution is -2.46. The van der Waals surface area contributed by atoms with E-state index in [4.69, 9.17) is 0 Å². The van der Waals surface area contributed by atoms with Crippen molar-refractivity contribution < 1.29 is 4.79 Å². The fraction of sp³-hybridized carbons (Fsp3) is 0.467. The fourth-order valence-corrected chi connectivity index (χ4v) is 2.57. The van der Waals surface area contributed by atoms with Gasteiger partial charge in [-0.3, -0.25) is 9.78 Å². The number of amides is 1. The molecule has 1 aromatic rings. The van der Waals surface area contributed by atoms with Crippen LogP contribution in [-0.2, 0) is 4.79 Å². The zero-order valence-corrected chi connectivity index (χ0v) is 11.0. The normalized spacial score (nSPS) is 24.4. The van der Waals surface area contributed by atoms with Crippen LogP contribution >= 0.6 is 0 Å². The van der Waals surface area contributed by atoms with E-state index in [1.807, 2.05) is 23.1 Å². The number of pyridine rings is 1. The largest absolute Gasteiger partial charge is 0.334 e. The van der Waals surface area contributed by atoms with Crippen molar-refractivity contribution in [2.75, 3.05) is 0 Å². The van der Waals surface area contributed by atoms with Crippen molar-refractivity contribution in [1.29, 1.82) is 0 Å². The van der Waals surface area contributed by atoms with Crippen molar-refractivity contribution in [3.63, 3.8) is 0 Å². The average molecular weight is 244 g/mol. The second-order valence-corrected chi connectivity index (χ2v) is 4.96. The molecule has 1 amide bonds. The zero-order valence-electron chi connectivity index (χ0n) is 11.0. The molecule has 0 saturated carbocycles. The van der Waals surface area contributed by atoms with Crippen LogP contribution in [0.1, 0.15) is 38.8 Å². The van der Waals surface area contributed by atoms with Gasteiger partial charge in [0.2, 0.25) is 5.91 Å². The molecule has 0 bridgehead atoms. The SMILES string of the molecule is C[C@@H]1CCC[C@H](C)N1C(=O)/C=C/c1ccccn1. The summed E-state index contributed by atoms with van der Waals surface area (Å²) in [5, 5.41) is 0. The quantitative estimate of drug-likeness (QED) is 0.749. The van der Waals surface area contributed by atoms with E-state index in [0.29, 0.717) is 12.1 Å². The number of aromatic nitrogens is 1. The Bertz CT molecular complexity index is 417. The van der Waals surface area contributed by atoms with Crippen LogP contribution < -0.4 is 0 Å². The van der Waals surface area contributed by atoms with E-state index in [2.05, 4.69) is 18.8 Å². The lowest BCUT2D eigenvalue weighted by atomic mass is 9.97. The molecule has 1 saturated heterocycles. The smallest absolute Gasteiger partial charge is 0.247 e. The molecule has 3 nitrogen and oxygen atoms in total. The van der Waals surface area contributed by atoms with Crippen molar-refractivity contribution in [2.24, 2.45) is 0 Å². The van der Waals surface area contributed by atoms with Gasteiger partial charge in [0, 0.05) is 24.4 Å². The first-order chi connectivity index (χ1) is 8.68. The summed E-state index contributed by atoms with van der Waals surface area (Å²) in [5.74, 6) is 0.0975. The number of hydrogen-bond acceptors (Lipinski definition) is 2. The molecule has 0 aliphatic carbocycles. The average Bonchev–Trinajstić information content (AvgIpc) is 2.37. The molecule has 2 heterocycles. The molecule has 2 atom stereocenters. The first kappa shape index (κ1) is 12.8. The highest BCUT2D eigenvalue weighted by Gasteiger charge is 2.27. The van der Waals surface area contributed by atoms with Gasteiger partial charge in [-0.1, -0.05) is 6.07 Å². The Morgan fingerprint density at radius 1 is 1.33 bits per heavy atom. The molecule has 0 aromatic carbocycles. The molecular weight excluding hydrogens is 224 g/mol. The van der Waals surface area contributed by atoms with Crippen molar-refractivity contribution in [3.8, 4) is 0 Å². The van der Waals surface area contributed by atoms with E-state index >= 15 is 0 Å². The standard InChI is InChI=1S/C15H20N2O/c1-12-6-5-7-13(2)17(12)15(18)10-9-14-8-3-4-11-16-14/h3-4,8-13H,5-7H2,1-2H3/b10-9+/t12-,13+. The van der Waals surface area contributed by atoms with E-state index in [0.717, 1.165) is 18.5 Å². The molecule has 0 radical (unpaired) electrons. The van der Waals surface area contributed by atoms with Gasteiger partial charge in [0.05, 0.1) is 5.69 Å². The number of piperidine rings is 1. The van der Waals surface area contributed by atoms with Crippen LogP contribution in [0.4, 0.5) is 0 Å². The predicted octanol–water partition coefficient (Wildman–Crippen LogP) is 2.88. The van der Waals surface area contributed by atoms with Crippen LogP contribution in [0.15, 0.2) is 30.5 Å². The summed E-state index contributed by atoms with van der Waals surface area (Å²) in [6, 6.07) is 6.37. The van der Waals surface area contributed by atoms with Crippen molar-refractivity contribution >= 4 is 12.0 Å². The molecule has 1 fully saturated rings. The summed E-state index contributed by atoms with van der Waals surface area (Å²) in [7, 11) is 0. The number of hydrogen-bond donors (Lipinski definition) is 0.